The Morgan fingerprint density at radius 1 is 0.559 bits per heavy atom. The first kappa shape index (κ1) is 40.2. The first-order valence-electron chi connectivity index (χ1n) is 23.5. The molecule has 0 N–H and O–H groups in total. The van der Waals surface area contributed by atoms with Crippen LogP contribution in [0.25, 0.3) is 86.2 Å². The van der Waals surface area contributed by atoms with Gasteiger partial charge in [0.2, 0.25) is 0 Å². The van der Waals surface area contributed by atoms with Gasteiger partial charge >= 0.3 is 0 Å². The van der Waals surface area contributed by atoms with E-state index in [0.717, 1.165) is 68.0 Å². The number of hydrogen-bond donors (Lipinski definition) is 0. The van der Waals surface area contributed by atoms with Crippen molar-refractivity contribution < 1.29 is 0 Å². The maximum absolute atomic E-state index is 5.86. The van der Waals surface area contributed by atoms with Crippen LogP contribution < -0.4 is 0 Å². The molecule has 0 fully saturated rings. The van der Waals surface area contributed by atoms with Crippen LogP contribution in [0, 0.1) is 5.92 Å². The molecule has 0 bridgehead atoms. The van der Waals surface area contributed by atoms with Gasteiger partial charge in [-0.05, 0) is 88.3 Å². The van der Waals surface area contributed by atoms with E-state index < -0.39 is 0 Å². The van der Waals surface area contributed by atoms with Crippen molar-refractivity contribution in [3.05, 3.63) is 235 Å². The summed E-state index contributed by atoms with van der Waals surface area (Å²) in [6.07, 6.45) is 0.468. The van der Waals surface area contributed by atoms with Gasteiger partial charge in [-0.3, -0.25) is 9.98 Å². The quantitative estimate of drug-likeness (QED) is 0.129. The summed E-state index contributed by atoms with van der Waals surface area (Å²) in [4.78, 5) is 11.0. The fraction of sp³-hybridized carbons (Fsp3) is 0.0794. The summed E-state index contributed by atoms with van der Waals surface area (Å²) >= 11 is 1.85. The first-order valence-corrected chi connectivity index (χ1v) is 24.3. The highest BCUT2D eigenvalue weighted by Crippen LogP contribution is 2.45. The predicted octanol–water partition coefficient (Wildman–Crippen LogP) is 17.0. The third-order valence-corrected chi connectivity index (χ3v) is 15.5. The molecule has 2 atom stereocenters. The molecule has 13 rings (SSSR count). The molecule has 2 unspecified atom stereocenters. The number of hydrogen-bond acceptors (Lipinski definition) is 3. The van der Waals surface area contributed by atoms with E-state index in [1.807, 2.05) is 11.3 Å². The lowest BCUT2D eigenvalue weighted by Crippen LogP contribution is -2.19. The molecule has 0 spiro atoms. The van der Waals surface area contributed by atoms with Gasteiger partial charge in [0.25, 0.3) is 0 Å². The highest BCUT2D eigenvalue weighted by molar-refractivity contribution is 7.25. The maximum Gasteiger partial charge on any atom is 0.132 e. The second-order valence-corrected chi connectivity index (χ2v) is 19.3. The summed E-state index contributed by atoms with van der Waals surface area (Å²) in [5, 5.41) is 7.41. The lowest BCUT2D eigenvalue weighted by atomic mass is 9.92. The minimum Gasteiger partial charge on any atom is -0.315 e. The zero-order valence-electron chi connectivity index (χ0n) is 37.9. The first-order chi connectivity index (χ1) is 33.5. The van der Waals surface area contributed by atoms with Crippen molar-refractivity contribution in [1.82, 2.24) is 9.13 Å². The van der Waals surface area contributed by atoms with Gasteiger partial charge in [-0.15, -0.1) is 11.3 Å². The maximum atomic E-state index is 5.86. The van der Waals surface area contributed by atoms with Gasteiger partial charge in [-0.2, -0.15) is 0 Å². The summed E-state index contributed by atoms with van der Waals surface area (Å²) in [6.45, 7) is 9.28. The SMILES string of the molecule is C=C(c1ccccc1)C(C)C(/N=C(\C)c1ccc2c(c1)sc1ccccc12)n1c2ccccc2c2ccc3c4ccccc4n(-c4ccc(-c5cccc6c5CC(c5ccccc5)=N6)cc4)c3c21. The average Bonchev–Trinajstić information content (AvgIpc) is 4.17. The van der Waals surface area contributed by atoms with E-state index in [4.69, 9.17) is 16.6 Å². The number of rotatable bonds is 9. The lowest BCUT2D eigenvalue weighted by Gasteiger charge is -2.27. The largest absolute Gasteiger partial charge is 0.315 e. The van der Waals surface area contributed by atoms with Crippen molar-refractivity contribution in [2.75, 3.05) is 0 Å². The predicted molar refractivity (Wildman–Crippen MR) is 291 cm³/mol. The molecule has 0 saturated carbocycles. The number of para-hydroxylation sites is 2. The molecule has 5 heteroatoms. The minimum atomic E-state index is -0.342. The van der Waals surface area contributed by atoms with E-state index in [-0.39, 0.29) is 12.1 Å². The van der Waals surface area contributed by atoms with Crippen LogP contribution in [-0.4, -0.2) is 20.6 Å². The summed E-state index contributed by atoms with van der Waals surface area (Å²) in [6, 6.07) is 74.8. The van der Waals surface area contributed by atoms with E-state index in [1.165, 1.54) is 64.0 Å². The Labute approximate surface area is 399 Å². The molecule has 68 heavy (non-hydrogen) atoms. The van der Waals surface area contributed by atoms with Gasteiger partial charge in [0, 0.05) is 65.5 Å². The summed E-state index contributed by atoms with van der Waals surface area (Å²) in [5.74, 6) is -0.0780. The van der Waals surface area contributed by atoms with Crippen LogP contribution in [0.1, 0.15) is 42.3 Å². The van der Waals surface area contributed by atoms with Gasteiger partial charge < -0.3 is 9.13 Å². The van der Waals surface area contributed by atoms with Crippen LogP contribution in [0.5, 0.6) is 0 Å². The second kappa shape index (κ2) is 16.0. The minimum absolute atomic E-state index is 0.0780. The van der Waals surface area contributed by atoms with Crippen molar-refractivity contribution in [3.8, 4) is 16.8 Å². The van der Waals surface area contributed by atoms with Crippen molar-refractivity contribution in [2.24, 2.45) is 15.9 Å². The lowest BCUT2D eigenvalue weighted by molar-refractivity contribution is 0.459. The zero-order valence-corrected chi connectivity index (χ0v) is 38.7. The molecule has 0 amide bonds. The van der Waals surface area contributed by atoms with Gasteiger partial charge in [-0.1, -0.05) is 177 Å². The Kier molecular flexibility index (Phi) is 9.48. The monoisotopic (exact) mass is 890 g/mol. The Morgan fingerprint density at radius 3 is 1.97 bits per heavy atom. The standard InChI is InChI=1S/C63H46N4S/c1-39(42-17-6-4-7-18-42)40(2)63(64-41(3)45-31-34-51-50-23-12-15-28-59(50)68-60(51)37-45)67-58-27-14-11-22-49(58)53-36-35-52-48-21-10-13-26-57(48)66(61(52)62(53)67)46-32-29-43(30-33-46)47-24-16-25-55-54(47)38-56(65-55)44-19-8-5-9-20-44/h4-37,40,63H,1,38H2,2-3H3/b64-41+. The van der Waals surface area contributed by atoms with Gasteiger partial charge in [0.1, 0.15) is 6.17 Å². The van der Waals surface area contributed by atoms with Crippen LogP contribution >= 0.6 is 11.3 Å². The van der Waals surface area contributed by atoms with E-state index in [0.29, 0.717) is 0 Å². The van der Waals surface area contributed by atoms with Crippen molar-refractivity contribution >= 4 is 97.8 Å². The molecule has 324 valence electrons. The second-order valence-electron chi connectivity index (χ2n) is 18.2. The molecule has 12 aromatic rings. The van der Waals surface area contributed by atoms with Crippen molar-refractivity contribution in [2.45, 2.75) is 26.4 Å². The Balaban J connectivity index is 1.02. The molecule has 0 radical (unpaired) electrons. The molecule has 4 heterocycles. The normalized spacial score (nSPS) is 13.8. The third kappa shape index (κ3) is 6.41. The van der Waals surface area contributed by atoms with Crippen LogP contribution in [0.2, 0.25) is 0 Å². The molecule has 1 aliphatic heterocycles. The van der Waals surface area contributed by atoms with Gasteiger partial charge in [0.05, 0.1) is 33.5 Å². The fourth-order valence-electron chi connectivity index (χ4n) is 10.9. The Hall–Kier alpha value is -8.12. The topological polar surface area (TPSA) is 34.6 Å². The number of nitrogens with zero attached hydrogens (tertiary/aromatic N) is 4. The molecule has 0 saturated heterocycles. The molecule has 4 nitrogen and oxygen atoms in total. The molecule has 9 aromatic carbocycles. The van der Waals surface area contributed by atoms with E-state index >= 15 is 0 Å². The van der Waals surface area contributed by atoms with E-state index in [1.54, 1.807) is 0 Å². The van der Waals surface area contributed by atoms with Crippen molar-refractivity contribution in [3.63, 3.8) is 0 Å². The number of fused-ring (bicyclic) bond motifs is 11. The Bertz CT molecular complexity index is 4030. The zero-order chi connectivity index (χ0) is 45.5. The highest BCUT2D eigenvalue weighted by Gasteiger charge is 2.29. The average molecular weight is 891 g/mol. The van der Waals surface area contributed by atoms with E-state index in [9.17, 15) is 0 Å². The smallest absolute Gasteiger partial charge is 0.132 e. The third-order valence-electron chi connectivity index (χ3n) is 14.3. The molecule has 0 aliphatic carbocycles. The highest BCUT2D eigenvalue weighted by atomic mass is 32.1. The summed E-state index contributed by atoms with van der Waals surface area (Å²) < 4.78 is 7.59. The van der Waals surface area contributed by atoms with Crippen LogP contribution in [0.4, 0.5) is 5.69 Å². The number of aliphatic imine (C=N–C) groups is 2. The Morgan fingerprint density at radius 2 is 1.19 bits per heavy atom. The van der Waals surface area contributed by atoms with Gasteiger partial charge in [0.15, 0.2) is 0 Å². The van der Waals surface area contributed by atoms with Crippen LogP contribution in [0.15, 0.2) is 223 Å². The van der Waals surface area contributed by atoms with E-state index in [2.05, 4.69) is 229 Å². The number of thiophene rings is 1. The summed E-state index contributed by atoms with van der Waals surface area (Å²) in [7, 11) is 0. The molecular weight excluding hydrogens is 845 g/mol. The summed E-state index contributed by atoms with van der Waals surface area (Å²) in [5.41, 5.74) is 17.1. The molecule has 1 aliphatic rings. The fourth-order valence-corrected chi connectivity index (χ4v) is 12.0. The number of aromatic nitrogens is 2. The van der Waals surface area contributed by atoms with Crippen LogP contribution in [-0.2, 0) is 6.42 Å². The molecular formula is C63H46N4S. The number of benzene rings is 9. The molecule has 3 aromatic heterocycles. The van der Waals surface area contributed by atoms with Crippen LogP contribution in [0.3, 0.4) is 0 Å². The van der Waals surface area contributed by atoms with Gasteiger partial charge in [-0.25, -0.2) is 0 Å². The van der Waals surface area contributed by atoms with Crippen molar-refractivity contribution in [1.29, 1.82) is 0 Å².